The number of carbonyl (C=O) groups is 4. The van der Waals surface area contributed by atoms with E-state index in [4.69, 9.17) is 0 Å². The molecule has 0 fully saturated rings. The average molecular weight is 639 g/mol. The first-order chi connectivity index (χ1) is 21.5. The fraction of sp³-hybridized carbons (Fsp3) is 0.412. The summed E-state index contributed by atoms with van der Waals surface area (Å²) in [5, 5.41) is 26.8. The number of amides is 3. The number of hydrogen-bond acceptors (Lipinski definition) is 7. The minimum Gasteiger partial charge on any atom is -0.508 e. The molecule has 2 rings (SSSR count). The molecule has 0 heterocycles. The first-order valence-electron chi connectivity index (χ1n) is 15.0. The molecule has 0 aromatic heterocycles. The van der Waals surface area contributed by atoms with Crippen LogP contribution < -0.4 is 16.0 Å². The monoisotopic (exact) mass is 638 g/mol. The van der Waals surface area contributed by atoms with E-state index in [1.807, 2.05) is 49.1 Å². The Balaban J connectivity index is 1.96. The molecule has 0 saturated heterocycles. The molecule has 0 unspecified atom stereocenters. The molecule has 0 saturated carbocycles. The summed E-state index contributed by atoms with van der Waals surface area (Å²) in [5.74, 6) is -1.51. The number of carboxylic acids is 1. The maximum Gasteiger partial charge on any atom is 0.326 e. The molecule has 45 heavy (non-hydrogen) atoms. The van der Waals surface area contributed by atoms with Crippen LogP contribution in [0.3, 0.4) is 0 Å². The van der Waals surface area contributed by atoms with Gasteiger partial charge < -0.3 is 26.2 Å². The lowest BCUT2D eigenvalue weighted by Gasteiger charge is -2.29. The first-order valence-corrected chi connectivity index (χ1v) is 16.1. The van der Waals surface area contributed by atoms with Crippen LogP contribution in [-0.4, -0.2) is 88.1 Å². The third kappa shape index (κ3) is 14.0. The molecule has 0 aliphatic heterocycles. The Morgan fingerprint density at radius 2 is 1.51 bits per heavy atom. The fourth-order valence-electron chi connectivity index (χ4n) is 4.66. The van der Waals surface area contributed by atoms with Gasteiger partial charge in [-0.2, -0.15) is 0 Å². The van der Waals surface area contributed by atoms with Crippen LogP contribution >= 0.6 is 11.8 Å². The molecule has 0 aliphatic rings. The van der Waals surface area contributed by atoms with E-state index in [9.17, 15) is 29.4 Å². The molecule has 3 atom stereocenters. The van der Waals surface area contributed by atoms with Crippen LogP contribution in [0.1, 0.15) is 31.4 Å². The molecule has 11 heteroatoms. The van der Waals surface area contributed by atoms with Gasteiger partial charge in [0, 0.05) is 25.4 Å². The van der Waals surface area contributed by atoms with Crippen LogP contribution in [0, 0.1) is 5.92 Å². The summed E-state index contributed by atoms with van der Waals surface area (Å²) in [6.45, 7) is 12.3. The number of hydrogen-bond donors (Lipinski definition) is 5. The quantitative estimate of drug-likeness (QED) is 0.104. The van der Waals surface area contributed by atoms with Crippen molar-refractivity contribution < 1.29 is 29.4 Å². The number of carbonyl (C=O) groups excluding carboxylic acids is 3. The molecular formula is C34H46N4O6S. The van der Waals surface area contributed by atoms with E-state index in [0.717, 1.165) is 11.1 Å². The van der Waals surface area contributed by atoms with E-state index in [0.29, 0.717) is 38.1 Å². The van der Waals surface area contributed by atoms with E-state index in [1.54, 1.807) is 36.4 Å². The standard InChI is InChI=1S/C34H46N4O6S/c1-5-17-38(18-6-2)29(21-26-12-14-27(39)15-13-26)32(41)36-23-31(40)35-16-19-45-30(22-25-10-8-7-9-11-25)33(42)37-28(34(43)44)20-24(3)4/h5-15,24,28-30,39H,1-2,16-23H2,3-4H3,(H,35,40)(H,36,41)(H,37,42)(H,43,44)/t28-,29-,30-/m0/s1. The van der Waals surface area contributed by atoms with E-state index in [1.165, 1.54) is 11.8 Å². The maximum atomic E-state index is 13.2. The highest BCUT2D eigenvalue weighted by Crippen LogP contribution is 2.18. The predicted molar refractivity (Wildman–Crippen MR) is 179 cm³/mol. The third-order valence-corrected chi connectivity index (χ3v) is 8.10. The van der Waals surface area contributed by atoms with Gasteiger partial charge in [0.25, 0.3) is 0 Å². The van der Waals surface area contributed by atoms with Gasteiger partial charge in [-0.25, -0.2) is 4.79 Å². The number of aliphatic carboxylic acids is 1. The lowest BCUT2D eigenvalue weighted by atomic mass is 10.0. The zero-order valence-electron chi connectivity index (χ0n) is 26.1. The normalized spacial score (nSPS) is 13.0. The number of rotatable bonds is 21. The first kappa shape index (κ1) is 37.1. The number of nitrogens with zero attached hydrogens (tertiary/aromatic N) is 1. The van der Waals surface area contributed by atoms with Gasteiger partial charge in [-0.3, -0.25) is 19.3 Å². The molecular weight excluding hydrogens is 592 g/mol. The summed E-state index contributed by atoms with van der Waals surface area (Å²) >= 11 is 1.34. The van der Waals surface area contributed by atoms with Crippen LogP contribution in [-0.2, 0) is 32.0 Å². The summed E-state index contributed by atoms with van der Waals surface area (Å²) in [4.78, 5) is 52.6. The molecule has 0 radical (unpaired) electrons. The second-order valence-corrected chi connectivity index (χ2v) is 12.4. The molecule has 0 aliphatic carbocycles. The van der Waals surface area contributed by atoms with Gasteiger partial charge in [-0.1, -0.05) is 68.5 Å². The van der Waals surface area contributed by atoms with Crippen molar-refractivity contribution in [2.75, 3.05) is 31.9 Å². The third-order valence-electron chi connectivity index (χ3n) is 6.88. The van der Waals surface area contributed by atoms with E-state index >= 15 is 0 Å². The Hall–Kier alpha value is -4.09. The molecule has 3 amide bonds. The number of carboxylic acid groups (broad SMARTS) is 1. The summed E-state index contributed by atoms with van der Waals surface area (Å²) in [6.07, 6.45) is 4.48. The van der Waals surface area contributed by atoms with Gasteiger partial charge in [0.1, 0.15) is 11.8 Å². The van der Waals surface area contributed by atoms with Gasteiger partial charge in [-0.05, 0) is 48.4 Å². The summed E-state index contributed by atoms with van der Waals surface area (Å²) in [5.41, 5.74) is 1.79. The second-order valence-electron chi connectivity index (χ2n) is 11.1. The SMILES string of the molecule is C=CCN(CC=C)[C@@H](Cc1ccc(O)cc1)C(=O)NCC(=O)NCCS[C@@H](Cc1ccccc1)C(=O)N[C@@H](CC(C)C)C(=O)O. The maximum absolute atomic E-state index is 13.2. The van der Waals surface area contributed by atoms with Crippen molar-refractivity contribution in [3.63, 3.8) is 0 Å². The van der Waals surface area contributed by atoms with Crippen molar-refractivity contribution in [1.29, 1.82) is 0 Å². The van der Waals surface area contributed by atoms with Crippen molar-refractivity contribution in [3.8, 4) is 5.75 Å². The summed E-state index contributed by atoms with van der Waals surface area (Å²) in [7, 11) is 0. The molecule has 0 spiro atoms. The lowest BCUT2D eigenvalue weighted by molar-refractivity contribution is -0.142. The van der Waals surface area contributed by atoms with Crippen molar-refractivity contribution in [2.45, 2.75) is 50.4 Å². The largest absolute Gasteiger partial charge is 0.508 e. The summed E-state index contributed by atoms with van der Waals surface area (Å²) in [6, 6.07) is 14.5. The van der Waals surface area contributed by atoms with Crippen molar-refractivity contribution in [3.05, 3.63) is 91.0 Å². The number of phenolic OH excluding ortho intramolecular Hbond substituents is 1. The van der Waals surface area contributed by atoms with Crippen LogP contribution in [0.5, 0.6) is 5.75 Å². The van der Waals surface area contributed by atoms with E-state index in [2.05, 4.69) is 29.1 Å². The van der Waals surface area contributed by atoms with Crippen LogP contribution in [0.2, 0.25) is 0 Å². The highest BCUT2D eigenvalue weighted by Gasteiger charge is 2.27. The topological polar surface area (TPSA) is 148 Å². The Kier molecular flexibility index (Phi) is 16.5. The minimum absolute atomic E-state index is 0.0949. The van der Waals surface area contributed by atoms with E-state index in [-0.39, 0.29) is 42.5 Å². The van der Waals surface area contributed by atoms with Crippen molar-refractivity contribution >= 4 is 35.5 Å². The molecule has 2 aromatic rings. The molecule has 2 aromatic carbocycles. The smallest absolute Gasteiger partial charge is 0.326 e. The van der Waals surface area contributed by atoms with Gasteiger partial charge in [0.2, 0.25) is 17.7 Å². The van der Waals surface area contributed by atoms with Gasteiger partial charge >= 0.3 is 5.97 Å². The number of thioether (sulfide) groups is 1. The fourth-order valence-corrected chi connectivity index (χ4v) is 5.69. The van der Waals surface area contributed by atoms with Gasteiger partial charge in [-0.15, -0.1) is 24.9 Å². The highest BCUT2D eigenvalue weighted by molar-refractivity contribution is 8.00. The van der Waals surface area contributed by atoms with Crippen LogP contribution in [0.15, 0.2) is 79.9 Å². The van der Waals surface area contributed by atoms with Crippen molar-refractivity contribution in [1.82, 2.24) is 20.9 Å². The van der Waals surface area contributed by atoms with Gasteiger partial charge in [0.05, 0.1) is 17.8 Å². The lowest BCUT2D eigenvalue weighted by Crippen LogP contribution is -2.50. The molecule has 244 valence electrons. The molecule has 10 nitrogen and oxygen atoms in total. The molecule has 0 bridgehead atoms. The van der Waals surface area contributed by atoms with Crippen LogP contribution in [0.25, 0.3) is 0 Å². The zero-order chi connectivity index (χ0) is 33.2. The van der Waals surface area contributed by atoms with Gasteiger partial charge in [0.15, 0.2) is 0 Å². The number of benzene rings is 2. The number of phenols is 1. The van der Waals surface area contributed by atoms with Crippen molar-refractivity contribution in [2.24, 2.45) is 5.92 Å². The van der Waals surface area contributed by atoms with E-state index < -0.39 is 23.3 Å². The number of aromatic hydroxyl groups is 1. The Labute approximate surface area is 270 Å². The second kappa shape index (κ2) is 20.0. The minimum atomic E-state index is -1.07. The average Bonchev–Trinajstić information content (AvgIpc) is 3.00. The Morgan fingerprint density at radius 1 is 0.889 bits per heavy atom. The van der Waals surface area contributed by atoms with Crippen LogP contribution in [0.4, 0.5) is 0 Å². The zero-order valence-corrected chi connectivity index (χ0v) is 26.9. The number of nitrogens with one attached hydrogen (secondary N) is 3. The predicted octanol–water partition coefficient (Wildman–Crippen LogP) is 3.17. The Bertz CT molecular complexity index is 1250. The highest BCUT2D eigenvalue weighted by atomic mass is 32.2. The summed E-state index contributed by atoms with van der Waals surface area (Å²) < 4.78 is 0. The molecule has 5 N–H and O–H groups in total. The Morgan fingerprint density at radius 3 is 2.09 bits per heavy atom.